The molecule has 0 aromatic carbocycles. The van der Waals surface area contributed by atoms with Gasteiger partial charge in [-0.2, -0.15) is 0 Å². The van der Waals surface area contributed by atoms with Gasteiger partial charge in [0.15, 0.2) is 0 Å². The average Bonchev–Trinajstić information content (AvgIpc) is 2.32. The van der Waals surface area contributed by atoms with Crippen molar-refractivity contribution in [3.63, 3.8) is 0 Å². The van der Waals surface area contributed by atoms with E-state index in [2.05, 4.69) is 9.47 Å². The number of hydrogen-bond donors (Lipinski definition) is 1. The van der Waals surface area contributed by atoms with Crippen molar-refractivity contribution in [2.24, 2.45) is 0 Å². The molecule has 0 aliphatic rings. The molecular formula is C11H16O5. The highest BCUT2D eigenvalue weighted by Crippen LogP contribution is 2.08. The lowest BCUT2D eigenvalue weighted by molar-refractivity contribution is -0.135. The fourth-order valence-electron chi connectivity index (χ4n) is 0.918. The number of rotatable bonds is 5. The second kappa shape index (κ2) is 7.64. The van der Waals surface area contributed by atoms with Gasteiger partial charge in [0.1, 0.15) is 0 Å². The molecule has 0 saturated carbocycles. The molecule has 5 heteroatoms. The minimum absolute atomic E-state index is 0.305. The van der Waals surface area contributed by atoms with Crippen molar-refractivity contribution < 1.29 is 24.2 Å². The van der Waals surface area contributed by atoms with Crippen LogP contribution in [0.5, 0.6) is 0 Å². The molecule has 0 saturated heterocycles. The van der Waals surface area contributed by atoms with Crippen molar-refractivity contribution in [3.05, 3.63) is 23.8 Å². The predicted octanol–water partition coefficient (Wildman–Crippen LogP) is 0.586. The topological polar surface area (TPSA) is 72.8 Å². The van der Waals surface area contributed by atoms with Crippen LogP contribution in [0.25, 0.3) is 0 Å². The minimum Gasteiger partial charge on any atom is -0.466 e. The number of carbonyl (C=O) groups excluding carboxylic acids is 2. The minimum atomic E-state index is -0.819. The van der Waals surface area contributed by atoms with Crippen LogP contribution >= 0.6 is 0 Å². The van der Waals surface area contributed by atoms with Crippen LogP contribution < -0.4 is 0 Å². The zero-order chi connectivity index (χ0) is 12.6. The molecule has 0 aromatic heterocycles. The lowest BCUT2D eigenvalue weighted by Crippen LogP contribution is -2.10. The molecule has 0 aromatic rings. The third-order valence-corrected chi connectivity index (χ3v) is 1.87. The Balaban J connectivity index is 4.82. The first kappa shape index (κ1) is 14.4. The van der Waals surface area contributed by atoms with Gasteiger partial charge in [-0.3, -0.25) is 0 Å². The third-order valence-electron chi connectivity index (χ3n) is 1.87. The highest BCUT2D eigenvalue weighted by atomic mass is 16.5. The lowest BCUT2D eigenvalue weighted by Gasteiger charge is -2.08. The molecule has 0 radical (unpaired) electrons. The van der Waals surface area contributed by atoms with Crippen LogP contribution in [0.4, 0.5) is 0 Å². The van der Waals surface area contributed by atoms with Gasteiger partial charge >= 0.3 is 11.9 Å². The van der Waals surface area contributed by atoms with Crippen LogP contribution in [0.2, 0.25) is 0 Å². The van der Waals surface area contributed by atoms with E-state index in [-0.39, 0.29) is 0 Å². The molecular weight excluding hydrogens is 212 g/mol. The van der Waals surface area contributed by atoms with Gasteiger partial charge in [-0.05, 0) is 18.1 Å². The molecule has 1 atom stereocenters. The Bertz CT molecular complexity index is 303. The summed E-state index contributed by atoms with van der Waals surface area (Å²) in [5, 5.41) is 9.57. The smallest absolute Gasteiger partial charge is 0.330 e. The van der Waals surface area contributed by atoms with Crippen molar-refractivity contribution in [2.75, 3.05) is 14.2 Å². The number of esters is 2. The Kier molecular flexibility index (Phi) is 6.87. The molecule has 90 valence electrons. The summed E-state index contributed by atoms with van der Waals surface area (Å²) in [5.74, 6) is -1.14. The maximum absolute atomic E-state index is 11.0. The maximum Gasteiger partial charge on any atom is 0.330 e. The Hall–Kier alpha value is -1.62. The third kappa shape index (κ3) is 5.31. The second-order valence-corrected chi connectivity index (χ2v) is 2.95. The lowest BCUT2D eigenvalue weighted by atomic mass is 10.1. The predicted molar refractivity (Wildman–Crippen MR) is 57.6 cm³/mol. The van der Waals surface area contributed by atoms with Crippen molar-refractivity contribution in [1.82, 2.24) is 0 Å². The summed E-state index contributed by atoms with van der Waals surface area (Å²) in [7, 11) is 2.48. The first-order valence-electron chi connectivity index (χ1n) is 4.78. The quantitative estimate of drug-likeness (QED) is 0.423. The van der Waals surface area contributed by atoms with Crippen molar-refractivity contribution in [1.29, 1.82) is 0 Å². The van der Waals surface area contributed by atoms with Gasteiger partial charge in [0.05, 0.1) is 20.3 Å². The van der Waals surface area contributed by atoms with Crippen LogP contribution in [0.1, 0.15) is 13.3 Å². The molecule has 1 N–H and O–H groups in total. The van der Waals surface area contributed by atoms with E-state index in [0.29, 0.717) is 12.0 Å². The Morgan fingerprint density at radius 1 is 1.19 bits per heavy atom. The van der Waals surface area contributed by atoms with Crippen molar-refractivity contribution in [2.45, 2.75) is 19.4 Å². The first-order valence-corrected chi connectivity index (χ1v) is 4.78. The van der Waals surface area contributed by atoms with Gasteiger partial charge in [-0.1, -0.05) is 6.92 Å². The van der Waals surface area contributed by atoms with Crippen LogP contribution in [0.3, 0.4) is 0 Å². The van der Waals surface area contributed by atoms with Gasteiger partial charge in [-0.15, -0.1) is 0 Å². The van der Waals surface area contributed by atoms with Gasteiger partial charge in [0.25, 0.3) is 0 Å². The fourth-order valence-corrected chi connectivity index (χ4v) is 0.918. The summed E-state index contributed by atoms with van der Waals surface area (Å²) in [6.45, 7) is 1.75. The van der Waals surface area contributed by atoms with Gasteiger partial charge in [0, 0.05) is 12.2 Å². The maximum atomic E-state index is 11.0. The number of carbonyl (C=O) groups is 2. The van der Waals surface area contributed by atoms with E-state index in [1.807, 2.05) is 0 Å². The van der Waals surface area contributed by atoms with Crippen LogP contribution in [0, 0.1) is 0 Å². The van der Waals surface area contributed by atoms with E-state index < -0.39 is 18.0 Å². The number of hydrogen-bond acceptors (Lipinski definition) is 5. The number of ether oxygens (including phenoxy) is 2. The molecule has 5 nitrogen and oxygen atoms in total. The van der Waals surface area contributed by atoms with E-state index in [1.54, 1.807) is 6.92 Å². The number of aliphatic hydroxyl groups excluding tert-OH is 1. The average molecular weight is 228 g/mol. The molecule has 16 heavy (non-hydrogen) atoms. The number of aliphatic hydroxyl groups is 1. The zero-order valence-corrected chi connectivity index (χ0v) is 9.60. The SMILES string of the molecule is CCC(O)C(=C\C(=O)OC)/C=C/C(=O)OC. The van der Waals surface area contributed by atoms with Crippen molar-refractivity contribution in [3.8, 4) is 0 Å². The molecule has 0 bridgehead atoms. The fraction of sp³-hybridized carbons (Fsp3) is 0.455. The van der Waals surface area contributed by atoms with E-state index >= 15 is 0 Å². The van der Waals surface area contributed by atoms with Gasteiger partial charge < -0.3 is 14.6 Å². The van der Waals surface area contributed by atoms with Crippen molar-refractivity contribution >= 4 is 11.9 Å². The molecule has 0 fully saturated rings. The molecule has 0 aliphatic carbocycles. The summed E-state index contributed by atoms with van der Waals surface area (Å²) >= 11 is 0. The first-order chi connectivity index (χ1) is 7.54. The highest BCUT2D eigenvalue weighted by Gasteiger charge is 2.08. The summed E-state index contributed by atoms with van der Waals surface area (Å²) in [4.78, 5) is 21.8. The van der Waals surface area contributed by atoms with Gasteiger partial charge in [0.2, 0.25) is 0 Å². The molecule has 0 amide bonds. The van der Waals surface area contributed by atoms with Gasteiger partial charge in [-0.25, -0.2) is 9.59 Å². The summed E-state index contributed by atoms with van der Waals surface area (Å²) in [5.41, 5.74) is 0.305. The second-order valence-electron chi connectivity index (χ2n) is 2.95. The van der Waals surface area contributed by atoms with Crippen LogP contribution in [-0.4, -0.2) is 37.4 Å². The normalized spacial score (nSPS) is 13.6. The van der Waals surface area contributed by atoms with E-state index in [1.165, 1.54) is 20.3 Å². The molecule has 1 unspecified atom stereocenters. The summed E-state index contributed by atoms with van der Waals surface area (Å²) in [6.07, 6.45) is 3.20. The molecule has 0 rings (SSSR count). The zero-order valence-electron chi connectivity index (χ0n) is 9.60. The van der Waals surface area contributed by atoms with Crippen LogP contribution in [0.15, 0.2) is 23.8 Å². The highest BCUT2D eigenvalue weighted by molar-refractivity contribution is 5.85. The molecule has 0 spiro atoms. The molecule has 0 heterocycles. The van der Waals surface area contributed by atoms with Crippen LogP contribution in [-0.2, 0) is 19.1 Å². The standard InChI is InChI=1S/C11H16O5/c1-4-9(12)8(7-11(14)16-3)5-6-10(13)15-2/h5-7,9,12H,4H2,1-3H3/b6-5+,8-7-. The monoisotopic (exact) mass is 228 g/mol. The summed E-state index contributed by atoms with van der Waals surface area (Å²) in [6, 6.07) is 0. The number of methoxy groups -OCH3 is 2. The Labute approximate surface area is 94.4 Å². The van der Waals surface area contributed by atoms with E-state index in [0.717, 1.165) is 12.2 Å². The summed E-state index contributed by atoms with van der Waals surface area (Å²) < 4.78 is 8.83. The largest absolute Gasteiger partial charge is 0.466 e. The Morgan fingerprint density at radius 3 is 2.19 bits per heavy atom. The Morgan fingerprint density at radius 2 is 1.75 bits per heavy atom. The van der Waals surface area contributed by atoms with E-state index in [4.69, 9.17) is 0 Å². The molecule has 0 aliphatic heterocycles. The van der Waals surface area contributed by atoms with E-state index in [9.17, 15) is 14.7 Å².